The summed E-state index contributed by atoms with van der Waals surface area (Å²) in [5, 5.41) is 10.2. The third kappa shape index (κ3) is 2.04. The molecule has 0 aromatic heterocycles. The number of halogens is 3. The molecule has 1 aliphatic rings. The molecule has 2 aromatic carbocycles. The second-order valence-electron chi connectivity index (χ2n) is 4.62. The van der Waals surface area contributed by atoms with Gasteiger partial charge in [0.25, 0.3) is 0 Å². The van der Waals surface area contributed by atoms with Gasteiger partial charge in [-0.2, -0.15) is 0 Å². The first-order valence-corrected chi connectivity index (χ1v) is 6.15. The van der Waals surface area contributed by atoms with Crippen molar-refractivity contribution in [1.82, 2.24) is 0 Å². The van der Waals surface area contributed by atoms with E-state index in [1.807, 2.05) is 6.07 Å². The Morgan fingerprint density at radius 3 is 2.50 bits per heavy atom. The van der Waals surface area contributed by atoms with E-state index in [1.54, 1.807) is 6.07 Å². The van der Waals surface area contributed by atoms with E-state index in [-0.39, 0.29) is 5.56 Å². The summed E-state index contributed by atoms with van der Waals surface area (Å²) < 4.78 is 45.7. The molecule has 20 heavy (non-hydrogen) atoms. The Bertz CT molecular complexity index is 647. The molecule has 2 nitrogen and oxygen atoms in total. The number of hydrogen-bond donors (Lipinski definition) is 1. The Balaban J connectivity index is 2.10. The second-order valence-corrected chi connectivity index (χ2v) is 4.62. The minimum atomic E-state index is -1.54. The maximum atomic E-state index is 13.7. The van der Waals surface area contributed by atoms with Gasteiger partial charge in [0.2, 0.25) is 0 Å². The molecule has 1 unspecified atom stereocenters. The van der Waals surface area contributed by atoms with E-state index in [0.717, 1.165) is 5.56 Å². The summed E-state index contributed by atoms with van der Waals surface area (Å²) in [4.78, 5) is 0. The Hall–Kier alpha value is -2.01. The van der Waals surface area contributed by atoms with E-state index >= 15 is 0 Å². The first-order chi connectivity index (χ1) is 9.58. The van der Waals surface area contributed by atoms with E-state index in [1.165, 1.54) is 6.07 Å². The number of hydrogen-bond acceptors (Lipinski definition) is 2. The lowest BCUT2D eigenvalue weighted by molar-refractivity contribution is 0.203. The van der Waals surface area contributed by atoms with E-state index in [9.17, 15) is 18.3 Å². The Kier molecular flexibility index (Phi) is 3.14. The summed E-state index contributed by atoms with van der Waals surface area (Å²) in [7, 11) is 0. The van der Waals surface area contributed by atoms with Gasteiger partial charge in [-0.25, -0.2) is 13.2 Å². The van der Waals surface area contributed by atoms with E-state index in [2.05, 4.69) is 0 Å². The lowest BCUT2D eigenvalue weighted by Gasteiger charge is -2.16. The molecule has 5 heteroatoms. The smallest absolute Gasteiger partial charge is 0.135 e. The molecular formula is C15H11F3O2. The fourth-order valence-corrected chi connectivity index (χ4v) is 2.43. The molecule has 0 fully saturated rings. The van der Waals surface area contributed by atoms with Gasteiger partial charge in [-0.05, 0) is 5.56 Å². The fraction of sp³-hybridized carbons (Fsp3) is 0.200. The van der Waals surface area contributed by atoms with Crippen LogP contribution in [-0.4, -0.2) is 11.7 Å². The Labute approximate surface area is 113 Å². The lowest BCUT2D eigenvalue weighted by atomic mass is 9.97. The van der Waals surface area contributed by atoms with Gasteiger partial charge in [-0.3, -0.25) is 0 Å². The normalized spacial score (nSPS) is 14.8. The molecule has 0 spiro atoms. The van der Waals surface area contributed by atoms with Crippen molar-refractivity contribution in [3.8, 4) is 5.75 Å². The highest BCUT2D eigenvalue weighted by atomic mass is 19.1. The van der Waals surface area contributed by atoms with Gasteiger partial charge in [-0.1, -0.05) is 18.2 Å². The van der Waals surface area contributed by atoms with Crippen molar-refractivity contribution in [3.63, 3.8) is 0 Å². The topological polar surface area (TPSA) is 29.5 Å². The number of ether oxygens (including phenoxy) is 1. The molecule has 0 amide bonds. The van der Waals surface area contributed by atoms with Crippen LogP contribution in [0.4, 0.5) is 13.2 Å². The summed E-state index contributed by atoms with van der Waals surface area (Å²) in [5.41, 5.74) is 0.587. The molecule has 1 N–H and O–H groups in total. The van der Waals surface area contributed by atoms with Crippen molar-refractivity contribution in [2.24, 2.45) is 0 Å². The molecule has 2 aromatic rings. The van der Waals surface area contributed by atoms with Crippen LogP contribution in [0.25, 0.3) is 0 Å². The lowest BCUT2D eigenvalue weighted by Crippen LogP contribution is -2.08. The summed E-state index contributed by atoms with van der Waals surface area (Å²) in [6.45, 7) is 0.466. The second kappa shape index (κ2) is 4.83. The highest BCUT2D eigenvalue weighted by Crippen LogP contribution is 2.37. The molecule has 104 valence electrons. The first-order valence-electron chi connectivity index (χ1n) is 6.15. The molecule has 0 saturated carbocycles. The maximum absolute atomic E-state index is 13.7. The van der Waals surface area contributed by atoms with Crippen LogP contribution in [-0.2, 0) is 6.42 Å². The molecule has 1 atom stereocenters. The maximum Gasteiger partial charge on any atom is 0.135 e. The minimum Gasteiger partial charge on any atom is -0.493 e. The molecule has 0 saturated heterocycles. The number of fused-ring (bicyclic) bond motifs is 1. The van der Waals surface area contributed by atoms with Crippen LogP contribution in [0.15, 0.2) is 30.3 Å². The Morgan fingerprint density at radius 1 is 1.10 bits per heavy atom. The summed E-state index contributed by atoms with van der Waals surface area (Å²) in [6, 6.07) is 6.15. The molecule has 0 radical (unpaired) electrons. The van der Waals surface area contributed by atoms with Gasteiger partial charge >= 0.3 is 0 Å². The highest BCUT2D eigenvalue weighted by Gasteiger charge is 2.26. The van der Waals surface area contributed by atoms with Gasteiger partial charge in [0.05, 0.1) is 12.2 Å². The predicted molar refractivity (Wildman–Crippen MR) is 66.0 cm³/mol. The largest absolute Gasteiger partial charge is 0.493 e. The number of benzene rings is 2. The van der Waals surface area contributed by atoms with Gasteiger partial charge in [0.1, 0.15) is 29.3 Å². The molecule has 1 heterocycles. The predicted octanol–water partition coefficient (Wildman–Crippen LogP) is 3.12. The molecular weight excluding hydrogens is 269 g/mol. The van der Waals surface area contributed by atoms with E-state index in [0.29, 0.717) is 30.9 Å². The van der Waals surface area contributed by atoms with Crippen molar-refractivity contribution in [2.45, 2.75) is 12.5 Å². The van der Waals surface area contributed by atoms with Crippen molar-refractivity contribution >= 4 is 0 Å². The molecule has 0 aliphatic carbocycles. The van der Waals surface area contributed by atoms with Crippen LogP contribution in [0.3, 0.4) is 0 Å². The van der Waals surface area contributed by atoms with Crippen LogP contribution in [0.5, 0.6) is 5.75 Å². The standard InChI is InChI=1S/C15H11F3O2/c16-9-6-11(17)13(12(18)7-9)14(19)10-3-1-2-8-4-5-20-15(8)10/h1-3,6-7,14,19H,4-5H2. The van der Waals surface area contributed by atoms with Crippen LogP contribution in [0.2, 0.25) is 0 Å². The number of para-hydroxylation sites is 1. The van der Waals surface area contributed by atoms with Crippen molar-refractivity contribution in [1.29, 1.82) is 0 Å². The average Bonchev–Trinajstić information content (AvgIpc) is 2.85. The zero-order valence-electron chi connectivity index (χ0n) is 10.4. The van der Waals surface area contributed by atoms with Crippen molar-refractivity contribution < 1.29 is 23.0 Å². The summed E-state index contributed by atoms with van der Waals surface area (Å²) in [5.74, 6) is -2.81. The highest BCUT2D eigenvalue weighted by molar-refractivity contribution is 5.48. The molecule has 3 rings (SSSR count). The first kappa shape index (κ1) is 13.0. The van der Waals surface area contributed by atoms with Crippen molar-refractivity contribution in [3.05, 3.63) is 64.5 Å². The molecule has 0 bridgehead atoms. The quantitative estimate of drug-likeness (QED) is 0.916. The zero-order chi connectivity index (χ0) is 14.3. The SMILES string of the molecule is OC(c1cccc2c1OCC2)c1c(F)cc(F)cc1F. The van der Waals surface area contributed by atoms with Crippen LogP contribution in [0, 0.1) is 17.5 Å². The van der Waals surface area contributed by atoms with Gasteiger partial charge in [0, 0.05) is 24.1 Å². The summed E-state index contributed by atoms with van der Waals surface area (Å²) in [6.07, 6.45) is -0.853. The third-order valence-corrected chi connectivity index (χ3v) is 3.36. The van der Waals surface area contributed by atoms with E-state index in [4.69, 9.17) is 4.74 Å². The van der Waals surface area contributed by atoms with Gasteiger partial charge in [0.15, 0.2) is 0 Å². The van der Waals surface area contributed by atoms with Crippen molar-refractivity contribution in [2.75, 3.05) is 6.61 Å². The summed E-state index contributed by atoms with van der Waals surface area (Å²) >= 11 is 0. The molecule has 1 aliphatic heterocycles. The Morgan fingerprint density at radius 2 is 1.80 bits per heavy atom. The minimum absolute atomic E-state index is 0.282. The van der Waals surface area contributed by atoms with Crippen LogP contribution in [0.1, 0.15) is 22.8 Å². The van der Waals surface area contributed by atoms with Crippen LogP contribution < -0.4 is 4.74 Å². The fourth-order valence-electron chi connectivity index (χ4n) is 2.43. The van der Waals surface area contributed by atoms with Gasteiger partial charge < -0.3 is 9.84 Å². The zero-order valence-corrected chi connectivity index (χ0v) is 10.4. The average molecular weight is 280 g/mol. The van der Waals surface area contributed by atoms with E-state index < -0.39 is 29.1 Å². The number of aliphatic hydroxyl groups is 1. The number of rotatable bonds is 2. The monoisotopic (exact) mass is 280 g/mol. The number of aliphatic hydroxyl groups excluding tert-OH is 1. The van der Waals surface area contributed by atoms with Crippen LogP contribution >= 0.6 is 0 Å². The van der Waals surface area contributed by atoms with Gasteiger partial charge in [-0.15, -0.1) is 0 Å². The third-order valence-electron chi connectivity index (χ3n) is 3.36.